The predicted octanol–water partition coefficient (Wildman–Crippen LogP) is 4.95. The third-order valence-electron chi connectivity index (χ3n) is 6.83. The van der Waals surface area contributed by atoms with Gasteiger partial charge in [-0.1, -0.05) is 66.2 Å². The summed E-state index contributed by atoms with van der Waals surface area (Å²) < 4.78 is 37.1. The van der Waals surface area contributed by atoms with Crippen LogP contribution in [0.1, 0.15) is 36.5 Å². The fraction of sp³-hybridized carbons (Fsp3) is 0.333. The number of hydrogen-bond donors (Lipinski definition) is 0. The molecule has 0 amide bonds. The van der Waals surface area contributed by atoms with Crippen LogP contribution in [-0.2, 0) is 19.0 Å². The summed E-state index contributed by atoms with van der Waals surface area (Å²) in [5, 5.41) is 0. The molecule has 1 atom stereocenters. The topological polar surface area (TPSA) is 55.8 Å². The molecule has 0 radical (unpaired) electrons. The van der Waals surface area contributed by atoms with E-state index in [1.807, 2.05) is 20.8 Å². The first-order valence-electron chi connectivity index (χ1n) is 11.3. The highest BCUT2D eigenvalue weighted by molar-refractivity contribution is 7.86. The fourth-order valence-electron chi connectivity index (χ4n) is 5.01. The van der Waals surface area contributed by atoms with Crippen molar-refractivity contribution < 1.29 is 17.3 Å². The van der Waals surface area contributed by atoms with Gasteiger partial charge in [-0.25, -0.2) is 0 Å². The highest BCUT2D eigenvalue weighted by Crippen LogP contribution is 2.46. The molecule has 5 rings (SSSR count). The minimum atomic E-state index is -3.83. The summed E-state index contributed by atoms with van der Waals surface area (Å²) in [5.41, 5.74) is 5.62. The summed E-state index contributed by atoms with van der Waals surface area (Å²) in [5.74, 6) is 0.189. The fourth-order valence-corrected chi connectivity index (χ4v) is 5.96. The van der Waals surface area contributed by atoms with E-state index < -0.39 is 15.8 Å². The molecule has 5 nitrogen and oxygen atoms in total. The van der Waals surface area contributed by atoms with Gasteiger partial charge in [0, 0.05) is 12.5 Å². The van der Waals surface area contributed by atoms with E-state index >= 15 is 0 Å². The molecule has 3 aromatic rings. The second-order valence-electron chi connectivity index (χ2n) is 9.34. The van der Waals surface area contributed by atoms with E-state index in [-0.39, 0.29) is 23.5 Å². The molecule has 0 spiro atoms. The van der Waals surface area contributed by atoms with Gasteiger partial charge >= 0.3 is 0 Å². The Hall–Kier alpha value is -2.51. The first kappa shape index (κ1) is 22.3. The van der Waals surface area contributed by atoms with Crippen LogP contribution in [0.15, 0.2) is 77.7 Å². The molecule has 6 heteroatoms. The Morgan fingerprint density at radius 2 is 1.52 bits per heavy atom. The first-order chi connectivity index (χ1) is 15.8. The molecule has 0 aromatic heterocycles. The van der Waals surface area contributed by atoms with Gasteiger partial charge in [-0.05, 0) is 55.2 Å². The van der Waals surface area contributed by atoms with E-state index in [1.165, 1.54) is 22.3 Å². The van der Waals surface area contributed by atoms with Crippen molar-refractivity contribution in [1.82, 2.24) is 4.90 Å². The second-order valence-corrected chi connectivity index (χ2v) is 11.0. The lowest BCUT2D eigenvalue weighted by Gasteiger charge is -2.35. The zero-order valence-electron chi connectivity index (χ0n) is 19.2. The van der Waals surface area contributed by atoms with Gasteiger partial charge in [-0.3, -0.25) is 9.08 Å². The van der Waals surface area contributed by atoms with Gasteiger partial charge in [0.2, 0.25) is 0 Å². The number of aryl methyl sites for hydroxylation is 1. The quantitative estimate of drug-likeness (QED) is 0.484. The smallest absolute Gasteiger partial charge is 0.297 e. The number of ether oxygens (including phenoxy) is 1. The van der Waals surface area contributed by atoms with Crippen LogP contribution < -0.4 is 0 Å². The molecule has 1 aliphatic heterocycles. The first-order valence-corrected chi connectivity index (χ1v) is 12.7. The molecule has 0 saturated carbocycles. The van der Waals surface area contributed by atoms with Crippen LogP contribution in [0.5, 0.6) is 0 Å². The number of benzene rings is 3. The highest BCUT2D eigenvalue weighted by Gasteiger charge is 2.44. The van der Waals surface area contributed by atoms with E-state index in [9.17, 15) is 8.42 Å². The molecule has 1 fully saturated rings. The van der Waals surface area contributed by atoms with Crippen molar-refractivity contribution in [2.45, 2.75) is 43.4 Å². The van der Waals surface area contributed by atoms with E-state index in [0.717, 1.165) is 12.1 Å². The van der Waals surface area contributed by atoms with Crippen molar-refractivity contribution >= 4 is 10.1 Å². The molecule has 0 N–H and O–H groups in total. The lowest BCUT2D eigenvalue weighted by Crippen LogP contribution is -2.47. The molecule has 0 bridgehead atoms. The summed E-state index contributed by atoms with van der Waals surface area (Å²) in [6, 6.07) is 23.6. The van der Waals surface area contributed by atoms with Crippen LogP contribution >= 0.6 is 0 Å². The minimum Gasteiger partial charge on any atom is -0.359 e. The SMILES string of the molecule is Cc1ccc(S(=O)(=O)OC[C@@H]2COC(C)(C)N2CC2c3ccccc3-c3ccccc32)cc1. The zero-order chi connectivity index (χ0) is 23.2. The molecule has 3 aromatic carbocycles. The third-order valence-corrected chi connectivity index (χ3v) is 8.12. The highest BCUT2D eigenvalue weighted by atomic mass is 32.2. The van der Waals surface area contributed by atoms with Crippen LogP contribution in [0.3, 0.4) is 0 Å². The molecular weight excluding hydrogens is 434 g/mol. The molecule has 0 unspecified atom stereocenters. The summed E-state index contributed by atoms with van der Waals surface area (Å²) in [6.45, 7) is 7.19. The van der Waals surface area contributed by atoms with Crippen molar-refractivity contribution in [1.29, 1.82) is 0 Å². The van der Waals surface area contributed by atoms with Crippen LogP contribution in [0.2, 0.25) is 0 Å². The minimum absolute atomic E-state index is 0.0512. The van der Waals surface area contributed by atoms with E-state index in [1.54, 1.807) is 24.3 Å². The monoisotopic (exact) mass is 463 g/mol. The Bertz CT molecular complexity index is 1220. The average Bonchev–Trinajstić information content (AvgIpc) is 3.27. The van der Waals surface area contributed by atoms with Gasteiger partial charge in [0.05, 0.1) is 24.2 Å². The van der Waals surface area contributed by atoms with Crippen LogP contribution in [0, 0.1) is 6.92 Å². The van der Waals surface area contributed by atoms with Crippen molar-refractivity contribution in [3.8, 4) is 11.1 Å². The molecule has 1 saturated heterocycles. The molecule has 33 heavy (non-hydrogen) atoms. The van der Waals surface area contributed by atoms with Crippen molar-refractivity contribution in [3.63, 3.8) is 0 Å². The van der Waals surface area contributed by atoms with Crippen LogP contribution in [-0.4, -0.2) is 44.8 Å². The zero-order valence-corrected chi connectivity index (χ0v) is 20.0. The maximum absolute atomic E-state index is 12.8. The van der Waals surface area contributed by atoms with Gasteiger partial charge in [0.25, 0.3) is 10.1 Å². The van der Waals surface area contributed by atoms with Gasteiger partial charge in [-0.15, -0.1) is 0 Å². The number of fused-ring (bicyclic) bond motifs is 3. The van der Waals surface area contributed by atoms with E-state index in [4.69, 9.17) is 8.92 Å². The van der Waals surface area contributed by atoms with Crippen LogP contribution in [0.25, 0.3) is 11.1 Å². The number of rotatable bonds is 6. The van der Waals surface area contributed by atoms with Gasteiger partial charge < -0.3 is 4.74 Å². The van der Waals surface area contributed by atoms with Gasteiger partial charge in [0.1, 0.15) is 5.72 Å². The third kappa shape index (κ3) is 4.13. The largest absolute Gasteiger partial charge is 0.359 e. The lowest BCUT2D eigenvalue weighted by atomic mass is 9.95. The summed E-state index contributed by atoms with van der Waals surface area (Å²) in [4.78, 5) is 2.43. The van der Waals surface area contributed by atoms with Gasteiger partial charge in [0.15, 0.2) is 0 Å². The molecule has 172 valence electrons. The Morgan fingerprint density at radius 1 is 0.939 bits per heavy atom. The Balaban J connectivity index is 1.38. The lowest BCUT2D eigenvalue weighted by molar-refractivity contribution is -0.0558. The summed E-state index contributed by atoms with van der Waals surface area (Å²) in [7, 11) is -3.83. The second kappa shape index (κ2) is 8.37. The Kier molecular flexibility index (Phi) is 5.65. The Morgan fingerprint density at radius 3 is 2.12 bits per heavy atom. The normalized spacial score (nSPS) is 20.0. The standard InChI is InChI=1S/C27H29NO4S/c1-19-12-14-21(15-13-19)33(29,30)32-18-20-17-31-27(2,3)28(20)16-26-24-10-6-4-8-22(24)23-9-5-7-11-25(23)26/h4-15,20,26H,16-18H2,1-3H3/t20-/m0/s1. The predicted molar refractivity (Wildman–Crippen MR) is 129 cm³/mol. The molecule has 1 heterocycles. The van der Waals surface area contributed by atoms with Crippen molar-refractivity contribution in [2.24, 2.45) is 0 Å². The maximum atomic E-state index is 12.8. The molecular formula is C27H29NO4S. The van der Waals surface area contributed by atoms with Crippen molar-refractivity contribution in [2.75, 3.05) is 19.8 Å². The van der Waals surface area contributed by atoms with Gasteiger partial charge in [-0.2, -0.15) is 8.42 Å². The number of hydrogen-bond acceptors (Lipinski definition) is 5. The average molecular weight is 464 g/mol. The maximum Gasteiger partial charge on any atom is 0.297 e. The van der Waals surface area contributed by atoms with Crippen molar-refractivity contribution in [3.05, 3.63) is 89.5 Å². The summed E-state index contributed by atoms with van der Waals surface area (Å²) in [6.07, 6.45) is 0. The van der Waals surface area contributed by atoms with E-state index in [0.29, 0.717) is 6.61 Å². The van der Waals surface area contributed by atoms with E-state index in [2.05, 4.69) is 53.4 Å². The number of nitrogens with zero attached hydrogens (tertiary/aromatic N) is 1. The van der Waals surface area contributed by atoms with Crippen LogP contribution in [0.4, 0.5) is 0 Å². The Labute approximate surface area is 196 Å². The summed E-state index contributed by atoms with van der Waals surface area (Å²) >= 11 is 0. The molecule has 2 aliphatic rings. The molecule has 1 aliphatic carbocycles.